The van der Waals surface area contributed by atoms with Crippen LogP contribution >= 0.6 is 11.3 Å². The van der Waals surface area contributed by atoms with Crippen molar-refractivity contribution in [2.45, 2.75) is 0 Å². The van der Waals surface area contributed by atoms with E-state index in [1.165, 1.54) is 53.1 Å². The number of hydrogen-bond donors (Lipinski definition) is 0. The summed E-state index contributed by atoms with van der Waals surface area (Å²) in [6, 6.07) is 56.6. The molecule has 3 heterocycles. The number of hydrogen-bond acceptors (Lipinski definition) is 2. The second-order valence-electron chi connectivity index (χ2n) is 12.1. The van der Waals surface area contributed by atoms with Gasteiger partial charge in [0, 0.05) is 53.1 Å². The Hall–Kier alpha value is -6.15. The van der Waals surface area contributed by atoms with Crippen molar-refractivity contribution in [3.8, 4) is 28.6 Å². The molecule has 0 radical (unpaired) electrons. The zero-order valence-electron chi connectivity index (χ0n) is 25.2. The van der Waals surface area contributed by atoms with Crippen LogP contribution in [0.25, 0.3) is 86.3 Å². The molecule has 3 aromatic heterocycles. The van der Waals surface area contributed by atoms with Gasteiger partial charge in [-0.2, -0.15) is 5.26 Å². The molecular formula is C43H25N3S. The van der Waals surface area contributed by atoms with E-state index in [4.69, 9.17) is 0 Å². The summed E-state index contributed by atoms with van der Waals surface area (Å²) in [4.78, 5) is 0. The SMILES string of the molecule is N#Cc1cccc2c3ccccc3n(-c3ccc4sc5ccc(-c6cccc(-n7c8ccccc8c8ccccc87)c6)cc5c4c3)c12. The highest BCUT2D eigenvalue weighted by atomic mass is 32.1. The highest BCUT2D eigenvalue weighted by molar-refractivity contribution is 7.25. The zero-order chi connectivity index (χ0) is 31.1. The number of fused-ring (bicyclic) bond motifs is 9. The molecule has 0 unspecified atom stereocenters. The molecule has 10 aromatic rings. The summed E-state index contributed by atoms with van der Waals surface area (Å²) in [5, 5.41) is 17.3. The molecule has 0 atom stereocenters. The van der Waals surface area contributed by atoms with Crippen LogP contribution in [0.5, 0.6) is 0 Å². The van der Waals surface area contributed by atoms with Crippen LogP contribution in [-0.2, 0) is 0 Å². The molecule has 0 fully saturated rings. The van der Waals surface area contributed by atoms with Crippen molar-refractivity contribution in [3.63, 3.8) is 0 Å². The molecule has 3 nitrogen and oxygen atoms in total. The van der Waals surface area contributed by atoms with E-state index >= 15 is 0 Å². The molecular weight excluding hydrogens is 591 g/mol. The molecule has 0 aliphatic carbocycles. The van der Waals surface area contributed by atoms with Crippen molar-refractivity contribution in [1.82, 2.24) is 9.13 Å². The fourth-order valence-corrected chi connectivity index (χ4v) is 8.55. The predicted octanol–water partition coefficient (Wildman–Crippen LogP) is 11.8. The van der Waals surface area contributed by atoms with Crippen molar-refractivity contribution in [1.29, 1.82) is 5.26 Å². The Morgan fingerprint density at radius 1 is 0.426 bits per heavy atom. The molecule has 0 N–H and O–H groups in total. The molecule has 218 valence electrons. The number of para-hydroxylation sites is 4. The molecule has 0 amide bonds. The molecule has 4 heteroatoms. The molecule has 0 aliphatic heterocycles. The van der Waals surface area contributed by atoms with Crippen LogP contribution in [0.1, 0.15) is 5.56 Å². The number of rotatable bonds is 3. The van der Waals surface area contributed by atoms with Gasteiger partial charge in [-0.25, -0.2) is 0 Å². The predicted molar refractivity (Wildman–Crippen MR) is 198 cm³/mol. The molecule has 47 heavy (non-hydrogen) atoms. The Labute approximate surface area is 274 Å². The minimum atomic E-state index is 0.680. The maximum Gasteiger partial charge on any atom is 0.101 e. The van der Waals surface area contributed by atoms with Crippen LogP contribution in [0.3, 0.4) is 0 Å². The number of nitrogens with zero attached hydrogens (tertiary/aromatic N) is 3. The number of benzene rings is 7. The van der Waals surface area contributed by atoms with Gasteiger partial charge in [0.25, 0.3) is 0 Å². The fourth-order valence-electron chi connectivity index (χ4n) is 7.49. The van der Waals surface area contributed by atoms with Gasteiger partial charge in [0.05, 0.1) is 27.6 Å². The third-order valence-electron chi connectivity index (χ3n) is 9.54. The van der Waals surface area contributed by atoms with E-state index in [9.17, 15) is 5.26 Å². The van der Waals surface area contributed by atoms with Crippen LogP contribution in [0.4, 0.5) is 0 Å². The lowest BCUT2D eigenvalue weighted by atomic mass is 10.0. The first-order chi connectivity index (χ1) is 23.3. The standard InChI is InChI=1S/C43H25N3S/c44-26-29-10-8-15-35-34-14-3-6-18-40(34)46(43(29)35)31-20-22-42-37(25-31)36-24-28(19-21-41(36)47-42)27-9-7-11-30(23-27)45-38-16-4-1-12-32(38)33-13-2-5-17-39(33)45/h1-25H. The first-order valence-corrected chi connectivity index (χ1v) is 16.6. The summed E-state index contributed by atoms with van der Waals surface area (Å²) < 4.78 is 7.14. The Balaban J connectivity index is 1.16. The Kier molecular flexibility index (Phi) is 5.51. The average Bonchev–Trinajstić information content (AvgIpc) is 3.79. The molecule has 0 saturated carbocycles. The molecule has 7 aromatic carbocycles. The van der Waals surface area contributed by atoms with E-state index in [-0.39, 0.29) is 0 Å². The Morgan fingerprint density at radius 3 is 1.70 bits per heavy atom. The second kappa shape index (κ2) is 9.92. The van der Waals surface area contributed by atoms with Crippen molar-refractivity contribution in [2.24, 2.45) is 0 Å². The van der Waals surface area contributed by atoms with Gasteiger partial charge in [-0.05, 0) is 77.9 Å². The van der Waals surface area contributed by atoms with Gasteiger partial charge >= 0.3 is 0 Å². The van der Waals surface area contributed by atoms with Crippen LogP contribution in [0.2, 0.25) is 0 Å². The molecule has 0 spiro atoms. The van der Waals surface area contributed by atoms with E-state index in [0.717, 1.165) is 33.2 Å². The van der Waals surface area contributed by atoms with E-state index in [0.29, 0.717) is 5.56 Å². The molecule has 10 rings (SSSR count). The van der Waals surface area contributed by atoms with E-state index < -0.39 is 0 Å². The third-order valence-corrected chi connectivity index (χ3v) is 10.7. The summed E-state index contributed by atoms with van der Waals surface area (Å²) in [6.45, 7) is 0. The Morgan fingerprint density at radius 2 is 0.979 bits per heavy atom. The average molecular weight is 616 g/mol. The quantitative estimate of drug-likeness (QED) is 0.195. The van der Waals surface area contributed by atoms with Gasteiger partial charge < -0.3 is 9.13 Å². The number of nitriles is 1. The number of aromatic nitrogens is 2. The maximum absolute atomic E-state index is 10.1. The topological polar surface area (TPSA) is 33.6 Å². The van der Waals surface area contributed by atoms with Gasteiger partial charge in [0.1, 0.15) is 6.07 Å². The van der Waals surface area contributed by atoms with Crippen LogP contribution < -0.4 is 0 Å². The Bertz CT molecular complexity index is 2880. The van der Waals surface area contributed by atoms with Crippen LogP contribution in [-0.4, -0.2) is 9.13 Å². The van der Waals surface area contributed by atoms with Crippen molar-refractivity contribution >= 4 is 75.1 Å². The van der Waals surface area contributed by atoms with Crippen molar-refractivity contribution in [3.05, 3.63) is 157 Å². The normalized spacial score (nSPS) is 11.8. The molecule has 0 bridgehead atoms. The van der Waals surface area contributed by atoms with Crippen LogP contribution in [0.15, 0.2) is 152 Å². The summed E-state index contributed by atoms with van der Waals surface area (Å²) >= 11 is 1.82. The maximum atomic E-state index is 10.1. The van der Waals surface area contributed by atoms with Crippen molar-refractivity contribution < 1.29 is 0 Å². The monoisotopic (exact) mass is 615 g/mol. The summed E-state index contributed by atoms with van der Waals surface area (Å²) in [6.07, 6.45) is 0. The van der Waals surface area contributed by atoms with E-state index in [2.05, 4.69) is 155 Å². The minimum Gasteiger partial charge on any atom is -0.309 e. The second-order valence-corrected chi connectivity index (χ2v) is 13.2. The lowest BCUT2D eigenvalue weighted by Crippen LogP contribution is -1.95. The zero-order valence-corrected chi connectivity index (χ0v) is 26.0. The van der Waals surface area contributed by atoms with Crippen molar-refractivity contribution in [2.75, 3.05) is 0 Å². The molecule has 0 aliphatic rings. The fraction of sp³-hybridized carbons (Fsp3) is 0. The van der Waals surface area contributed by atoms with Gasteiger partial charge in [0.2, 0.25) is 0 Å². The lowest BCUT2D eigenvalue weighted by Gasteiger charge is -2.11. The number of thiophene rings is 1. The molecule has 0 saturated heterocycles. The largest absolute Gasteiger partial charge is 0.309 e. The third kappa shape index (κ3) is 3.78. The first kappa shape index (κ1) is 26.1. The van der Waals surface area contributed by atoms with E-state index in [1.54, 1.807) is 0 Å². The summed E-state index contributed by atoms with van der Waals surface area (Å²) in [7, 11) is 0. The van der Waals surface area contributed by atoms with Gasteiger partial charge in [-0.15, -0.1) is 11.3 Å². The lowest BCUT2D eigenvalue weighted by molar-refractivity contribution is 1.18. The van der Waals surface area contributed by atoms with Gasteiger partial charge in [-0.3, -0.25) is 0 Å². The van der Waals surface area contributed by atoms with Gasteiger partial charge in [0.15, 0.2) is 0 Å². The first-order valence-electron chi connectivity index (χ1n) is 15.7. The van der Waals surface area contributed by atoms with Gasteiger partial charge in [-0.1, -0.05) is 84.9 Å². The highest BCUT2D eigenvalue weighted by Crippen LogP contribution is 2.40. The summed E-state index contributed by atoms with van der Waals surface area (Å²) in [5.74, 6) is 0. The minimum absolute atomic E-state index is 0.680. The van der Waals surface area contributed by atoms with Crippen LogP contribution in [0, 0.1) is 11.3 Å². The summed E-state index contributed by atoms with van der Waals surface area (Å²) in [5.41, 5.74) is 9.74. The smallest absolute Gasteiger partial charge is 0.101 e. The van der Waals surface area contributed by atoms with E-state index in [1.807, 2.05) is 23.5 Å². The highest BCUT2D eigenvalue weighted by Gasteiger charge is 2.17.